The van der Waals surface area contributed by atoms with E-state index < -0.39 is 17.7 Å². The molecular weight excluding hydrogens is 455 g/mol. The zero-order valence-electron chi connectivity index (χ0n) is 16.0. The highest BCUT2D eigenvalue weighted by Gasteiger charge is 2.25. The van der Waals surface area contributed by atoms with Crippen LogP contribution in [0.3, 0.4) is 0 Å². The Bertz CT molecular complexity index is 781. The van der Waals surface area contributed by atoms with Crippen molar-refractivity contribution in [2.75, 3.05) is 5.32 Å². The summed E-state index contributed by atoms with van der Waals surface area (Å²) in [5.41, 5.74) is 2.11. The molecule has 0 aliphatic carbocycles. The molecule has 0 aromatic heterocycles. The van der Waals surface area contributed by atoms with Crippen LogP contribution in [-0.2, 0) is 16.0 Å². The van der Waals surface area contributed by atoms with E-state index in [1.54, 1.807) is 20.8 Å². The number of anilines is 1. The van der Waals surface area contributed by atoms with Crippen LogP contribution in [-0.4, -0.2) is 23.6 Å². The van der Waals surface area contributed by atoms with E-state index in [9.17, 15) is 9.59 Å². The lowest BCUT2D eigenvalue weighted by Gasteiger charge is -2.23. The van der Waals surface area contributed by atoms with E-state index in [1.807, 2.05) is 55.5 Å². The van der Waals surface area contributed by atoms with Gasteiger partial charge in [0.05, 0.1) is 0 Å². The molecule has 2 aromatic rings. The number of amides is 2. The molecular formula is C21H25IN2O3. The summed E-state index contributed by atoms with van der Waals surface area (Å²) < 4.78 is 6.42. The Labute approximate surface area is 174 Å². The number of halogens is 1. The molecule has 2 amide bonds. The second-order valence-corrected chi connectivity index (χ2v) is 8.63. The fraction of sp³-hybridized carbons (Fsp3) is 0.333. The van der Waals surface area contributed by atoms with Gasteiger partial charge < -0.3 is 15.4 Å². The van der Waals surface area contributed by atoms with E-state index in [4.69, 9.17) is 4.74 Å². The summed E-state index contributed by atoms with van der Waals surface area (Å²) in [7, 11) is 0. The number of carbonyl (C=O) groups is 2. The normalized spacial score (nSPS) is 12.2. The van der Waals surface area contributed by atoms with Crippen molar-refractivity contribution in [3.8, 4) is 0 Å². The summed E-state index contributed by atoms with van der Waals surface area (Å²) >= 11 is 2.23. The van der Waals surface area contributed by atoms with Crippen LogP contribution < -0.4 is 10.6 Å². The van der Waals surface area contributed by atoms with Crippen LogP contribution in [0.25, 0.3) is 0 Å². The van der Waals surface area contributed by atoms with Gasteiger partial charge in [-0.2, -0.15) is 0 Å². The largest absolute Gasteiger partial charge is 0.444 e. The van der Waals surface area contributed by atoms with Crippen molar-refractivity contribution in [1.29, 1.82) is 0 Å². The van der Waals surface area contributed by atoms with Crippen LogP contribution >= 0.6 is 22.6 Å². The minimum atomic E-state index is -0.749. The first-order valence-electron chi connectivity index (χ1n) is 8.74. The highest BCUT2D eigenvalue weighted by atomic mass is 127. The van der Waals surface area contributed by atoms with Gasteiger partial charge in [0.25, 0.3) is 0 Å². The average molecular weight is 480 g/mol. The molecule has 0 heterocycles. The van der Waals surface area contributed by atoms with Crippen molar-refractivity contribution in [3.05, 3.63) is 63.2 Å². The van der Waals surface area contributed by atoms with E-state index in [0.717, 1.165) is 14.7 Å². The Morgan fingerprint density at radius 2 is 1.63 bits per heavy atom. The zero-order chi connectivity index (χ0) is 20.0. The predicted molar refractivity (Wildman–Crippen MR) is 116 cm³/mol. The van der Waals surface area contributed by atoms with E-state index in [-0.39, 0.29) is 5.91 Å². The monoisotopic (exact) mass is 480 g/mol. The summed E-state index contributed by atoms with van der Waals surface area (Å²) in [5, 5.41) is 5.55. The summed E-state index contributed by atoms with van der Waals surface area (Å²) in [6.07, 6.45) is -0.245. The van der Waals surface area contributed by atoms with Gasteiger partial charge in [0.1, 0.15) is 11.6 Å². The van der Waals surface area contributed by atoms with Crippen molar-refractivity contribution in [1.82, 2.24) is 5.32 Å². The van der Waals surface area contributed by atoms with Crippen molar-refractivity contribution in [3.63, 3.8) is 0 Å². The maximum Gasteiger partial charge on any atom is 0.408 e. The molecule has 0 saturated heterocycles. The standard InChI is InChI=1S/C21H25IN2O3/c1-14-5-11-17(12-6-14)23-19(25)18(24-20(26)27-21(2,3)4)13-15-7-9-16(22)10-8-15/h5-12,18H,13H2,1-4H3,(H,23,25)(H,24,26)/t18-/m1/s1. The highest BCUT2D eigenvalue weighted by Crippen LogP contribution is 2.13. The van der Waals surface area contributed by atoms with Gasteiger partial charge in [-0.25, -0.2) is 4.79 Å². The van der Waals surface area contributed by atoms with Gasteiger partial charge in [-0.05, 0) is 80.1 Å². The van der Waals surface area contributed by atoms with Gasteiger partial charge in [0, 0.05) is 15.7 Å². The molecule has 5 nitrogen and oxygen atoms in total. The van der Waals surface area contributed by atoms with Gasteiger partial charge in [-0.1, -0.05) is 29.8 Å². The van der Waals surface area contributed by atoms with Gasteiger partial charge >= 0.3 is 6.09 Å². The van der Waals surface area contributed by atoms with Crippen LogP contribution in [0.5, 0.6) is 0 Å². The number of nitrogens with one attached hydrogen (secondary N) is 2. The third-order valence-electron chi connectivity index (χ3n) is 3.68. The van der Waals surface area contributed by atoms with Crippen molar-refractivity contribution >= 4 is 40.3 Å². The van der Waals surface area contributed by atoms with E-state index in [0.29, 0.717) is 12.1 Å². The second kappa shape index (κ2) is 9.21. The molecule has 0 radical (unpaired) electrons. The first-order valence-corrected chi connectivity index (χ1v) is 9.82. The number of hydrogen-bond acceptors (Lipinski definition) is 3. The molecule has 0 aliphatic heterocycles. The molecule has 1 atom stereocenters. The molecule has 0 spiro atoms. The summed E-state index contributed by atoms with van der Waals surface area (Å²) in [4.78, 5) is 25.0. The number of ether oxygens (including phenoxy) is 1. The molecule has 2 aromatic carbocycles. The fourth-order valence-corrected chi connectivity index (χ4v) is 2.74. The summed E-state index contributed by atoms with van der Waals surface area (Å²) in [6, 6.07) is 14.6. The Kier molecular flexibility index (Phi) is 7.24. The maximum absolute atomic E-state index is 12.8. The first-order chi connectivity index (χ1) is 12.6. The van der Waals surface area contributed by atoms with Crippen LogP contribution in [0.2, 0.25) is 0 Å². The smallest absolute Gasteiger partial charge is 0.408 e. The number of rotatable bonds is 5. The van der Waals surface area contributed by atoms with Crippen molar-refractivity contribution < 1.29 is 14.3 Å². The first kappa shape index (κ1) is 21.2. The Morgan fingerprint density at radius 1 is 1.04 bits per heavy atom. The van der Waals surface area contributed by atoms with E-state index in [2.05, 4.69) is 33.2 Å². The van der Waals surface area contributed by atoms with Gasteiger partial charge in [-0.15, -0.1) is 0 Å². The third-order valence-corrected chi connectivity index (χ3v) is 4.40. The lowest BCUT2D eigenvalue weighted by molar-refractivity contribution is -0.118. The minimum Gasteiger partial charge on any atom is -0.444 e. The molecule has 27 heavy (non-hydrogen) atoms. The summed E-state index contributed by atoms with van der Waals surface area (Å²) in [5.74, 6) is -0.289. The quantitative estimate of drug-likeness (QED) is 0.612. The molecule has 0 bridgehead atoms. The Morgan fingerprint density at radius 3 is 2.19 bits per heavy atom. The van der Waals surface area contributed by atoms with Crippen LogP contribution in [0.15, 0.2) is 48.5 Å². The third kappa shape index (κ3) is 7.58. The van der Waals surface area contributed by atoms with Gasteiger partial charge in [0.15, 0.2) is 0 Å². The number of carbonyl (C=O) groups excluding carboxylic acids is 2. The predicted octanol–water partition coefficient (Wildman–Crippen LogP) is 4.67. The van der Waals surface area contributed by atoms with Crippen molar-refractivity contribution in [2.24, 2.45) is 0 Å². The fourth-order valence-electron chi connectivity index (χ4n) is 2.38. The molecule has 0 unspecified atom stereocenters. The van der Waals surface area contributed by atoms with E-state index in [1.165, 1.54) is 0 Å². The molecule has 2 N–H and O–H groups in total. The molecule has 0 saturated carbocycles. The zero-order valence-corrected chi connectivity index (χ0v) is 18.2. The van der Waals surface area contributed by atoms with E-state index >= 15 is 0 Å². The molecule has 0 fully saturated rings. The maximum atomic E-state index is 12.8. The topological polar surface area (TPSA) is 67.4 Å². The second-order valence-electron chi connectivity index (χ2n) is 7.38. The number of aryl methyl sites for hydroxylation is 1. The Hall–Kier alpha value is -2.09. The SMILES string of the molecule is Cc1ccc(NC(=O)[C@@H](Cc2ccc(I)cc2)NC(=O)OC(C)(C)C)cc1. The summed E-state index contributed by atoms with van der Waals surface area (Å²) in [6.45, 7) is 7.34. The Balaban J connectivity index is 2.13. The van der Waals surface area contributed by atoms with Crippen LogP contribution in [0.4, 0.5) is 10.5 Å². The molecule has 6 heteroatoms. The number of alkyl carbamates (subject to hydrolysis) is 1. The van der Waals surface area contributed by atoms with Gasteiger partial charge in [-0.3, -0.25) is 4.79 Å². The number of hydrogen-bond donors (Lipinski definition) is 2. The molecule has 144 valence electrons. The number of benzene rings is 2. The van der Waals surface area contributed by atoms with Crippen LogP contribution in [0.1, 0.15) is 31.9 Å². The van der Waals surface area contributed by atoms with Gasteiger partial charge in [0.2, 0.25) is 5.91 Å². The van der Waals surface area contributed by atoms with Crippen LogP contribution in [0, 0.1) is 10.5 Å². The van der Waals surface area contributed by atoms with Crippen molar-refractivity contribution in [2.45, 2.75) is 45.8 Å². The lowest BCUT2D eigenvalue weighted by Crippen LogP contribution is -2.47. The molecule has 2 rings (SSSR count). The minimum absolute atomic E-state index is 0.289. The lowest BCUT2D eigenvalue weighted by atomic mass is 10.1. The average Bonchev–Trinajstić information content (AvgIpc) is 2.56. The molecule has 0 aliphatic rings. The highest BCUT2D eigenvalue weighted by molar-refractivity contribution is 14.1.